The first-order valence-electron chi connectivity index (χ1n) is 9.94. The maximum atomic E-state index is 13.0. The highest BCUT2D eigenvalue weighted by atomic mass is 16.2. The van der Waals surface area contributed by atoms with Crippen molar-refractivity contribution in [1.29, 1.82) is 0 Å². The van der Waals surface area contributed by atoms with E-state index in [9.17, 15) is 9.59 Å². The number of carbonyl (C=O) groups excluding carboxylic acids is 2. The minimum Gasteiger partial charge on any atom is -0.341 e. The van der Waals surface area contributed by atoms with Crippen LogP contribution >= 0.6 is 0 Å². The number of amides is 2. The number of rotatable bonds is 2. The number of hydrogen-bond donors (Lipinski definition) is 1. The zero-order chi connectivity index (χ0) is 16.7. The molecule has 3 unspecified atom stereocenters. The van der Waals surface area contributed by atoms with Gasteiger partial charge in [0.1, 0.15) is 0 Å². The molecule has 5 heteroatoms. The first-order valence-corrected chi connectivity index (χ1v) is 9.94. The van der Waals surface area contributed by atoms with Gasteiger partial charge in [0.05, 0.1) is 5.92 Å². The molecule has 134 valence electrons. The third-order valence-electron chi connectivity index (χ3n) is 6.77. The lowest BCUT2D eigenvalue weighted by atomic mass is 9.86. The number of fused-ring (bicyclic) bond motifs is 2. The summed E-state index contributed by atoms with van der Waals surface area (Å²) in [6, 6.07) is 1.45. The van der Waals surface area contributed by atoms with Crippen LogP contribution in [0.15, 0.2) is 0 Å². The Morgan fingerprint density at radius 3 is 2.54 bits per heavy atom. The molecule has 0 aromatic carbocycles. The SMILES string of the molecule is CC1CCC(N2CC(C(=O)N3CCC4CCC(C3)N4)CC2=O)CC1. The molecule has 1 aliphatic carbocycles. The number of nitrogens with one attached hydrogen (secondary N) is 1. The van der Waals surface area contributed by atoms with Crippen LogP contribution in [0.3, 0.4) is 0 Å². The van der Waals surface area contributed by atoms with Crippen molar-refractivity contribution in [3.63, 3.8) is 0 Å². The molecule has 24 heavy (non-hydrogen) atoms. The van der Waals surface area contributed by atoms with Crippen LogP contribution < -0.4 is 5.32 Å². The van der Waals surface area contributed by atoms with Gasteiger partial charge in [-0.3, -0.25) is 9.59 Å². The molecule has 4 fully saturated rings. The second-order valence-corrected chi connectivity index (χ2v) is 8.57. The number of nitrogens with zero attached hydrogens (tertiary/aromatic N) is 2. The van der Waals surface area contributed by atoms with Gasteiger partial charge in [-0.05, 0) is 50.9 Å². The summed E-state index contributed by atoms with van der Waals surface area (Å²) in [4.78, 5) is 29.5. The highest BCUT2D eigenvalue weighted by Crippen LogP contribution is 2.32. The Morgan fingerprint density at radius 2 is 1.75 bits per heavy atom. The van der Waals surface area contributed by atoms with Gasteiger partial charge in [0.2, 0.25) is 11.8 Å². The first-order chi connectivity index (χ1) is 11.6. The molecule has 4 aliphatic rings. The van der Waals surface area contributed by atoms with Crippen LogP contribution in [0.4, 0.5) is 0 Å². The van der Waals surface area contributed by atoms with Crippen LogP contribution in [0, 0.1) is 11.8 Å². The Morgan fingerprint density at radius 1 is 1.00 bits per heavy atom. The number of carbonyl (C=O) groups is 2. The van der Waals surface area contributed by atoms with Gasteiger partial charge in [-0.15, -0.1) is 0 Å². The molecule has 2 amide bonds. The molecule has 0 radical (unpaired) electrons. The molecule has 0 aromatic rings. The second kappa shape index (κ2) is 6.66. The van der Waals surface area contributed by atoms with Crippen molar-refractivity contribution in [2.45, 2.75) is 76.4 Å². The molecule has 3 atom stereocenters. The fourth-order valence-electron chi connectivity index (χ4n) is 5.21. The van der Waals surface area contributed by atoms with Crippen LogP contribution in [0.25, 0.3) is 0 Å². The Bertz CT molecular complexity index is 501. The summed E-state index contributed by atoms with van der Waals surface area (Å²) < 4.78 is 0. The van der Waals surface area contributed by atoms with Gasteiger partial charge >= 0.3 is 0 Å². The number of likely N-dealkylation sites (tertiary alicyclic amines) is 2. The van der Waals surface area contributed by atoms with Crippen molar-refractivity contribution in [1.82, 2.24) is 15.1 Å². The van der Waals surface area contributed by atoms with Gasteiger partial charge in [0, 0.05) is 44.2 Å². The normalized spacial score (nSPS) is 40.0. The molecule has 1 N–H and O–H groups in total. The monoisotopic (exact) mass is 333 g/mol. The predicted octanol–water partition coefficient (Wildman–Crippen LogP) is 1.77. The fourth-order valence-corrected chi connectivity index (χ4v) is 5.21. The average Bonchev–Trinajstić information content (AvgIpc) is 3.10. The van der Waals surface area contributed by atoms with E-state index in [-0.39, 0.29) is 17.7 Å². The van der Waals surface area contributed by atoms with Crippen molar-refractivity contribution in [3.8, 4) is 0 Å². The summed E-state index contributed by atoms with van der Waals surface area (Å²) >= 11 is 0. The largest absolute Gasteiger partial charge is 0.341 e. The lowest BCUT2D eigenvalue weighted by molar-refractivity contribution is -0.136. The quantitative estimate of drug-likeness (QED) is 0.838. The molecule has 1 saturated carbocycles. The maximum absolute atomic E-state index is 13.0. The summed E-state index contributed by atoms with van der Waals surface area (Å²) in [5.74, 6) is 1.12. The van der Waals surface area contributed by atoms with E-state index < -0.39 is 0 Å². The Hall–Kier alpha value is -1.10. The van der Waals surface area contributed by atoms with E-state index in [0.717, 1.165) is 38.3 Å². The van der Waals surface area contributed by atoms with Crippen molar-refractivity contribution in [2.75, 3.05) is 19.6 Å². The van der Waals surface area contributed by atoms with Gasteiger partial charge in [-0.1, -0.05) is 6.92 Å². The highest BCUT2D eigenvalue weighted by molar-refractivity contribution is 5.89. The van der Waals surface area contributed by atoms with Crippen LogP contribution in [-0.2, 0) is 9.59 Å². The van der Waals surface area contributed by atoms with Gasteiger partial charge < -0.3 is 15.1 Å². The average molecular weight is 333 g/mol. The van der Waals surface area contributed by atoms with Gasteiger partial charge in [0.25, 0.3) is 0 Å². The maximum Gasteiger partial charge on any atom is 0.228 e. The molecular formula is C19H31N3O2. The molecule has 5 nitrogen and oxygen atoms in total. The molecule has 0 spiro atoms. The van der Waals surface area contributed by atoms with Crippen LogP contribution in [0.2, 0.25) is 0 Å². The van der Waals surface area contributed by atoms with Crippen molar-refractivity contribution < 1.29 is 9.59 Å². The van der Waals surface area contributed by atoms with E-state index in [2.05, 4.69) is 12.2 Å². The molecular weight excluding hydrogens is 302 g/mol. The van der Waals surface area contributed by atoms with E-state index in [1.54, 1.807) is 0 Å². The molecule has 3 heterocycles. The number of hydrogen-bond acceptors (Lipinski definition) is 3. The molecule has 3 saturated heterocycles. The summed E-state index contributed by atoms with van der Waals surface area (Å²) in [7, 11) is 0. The lowest BCUT2D eigenvalue weighted by Gasteiger charge is -2.34. The van der Waals surface area contributed by atoms with E-state index in [4.69, 9.17) is 0 Å². The van der Waals surface area contributed by atoms with Crippen molar-refractivity contribution in [2.24, 2.45) is 11.8 Å². The highest BCUT2D eigenvalue weighted by Gasteiger charge is 2.41. The zero-order valence-electron chi connectivity index (χ0n) is 14.9. The van der Waals surface area contributed by atoms with E-state index in [0.29, 0.717) is 31.1 Å². The summed E-state index contributed by atoms with van der Waals surface area (Å²) in [6.45, 7) is 4.66. The van der Waals surface area contributed by atoms with Crippen LogP contribution in [-0.4, -0.2) is 59.4 Å². The Kier molecular flexibility index (Phi) is 4.54. The summed E-state index contributed by atoms with van der Waals surface area (Å²) in [5, 5.41) is 3.63. The van der Waals surface area contributed by atoms with E-state index >= 15 is 0 Å². The minimum atomic E-state index is -0.103. The molecule has 2 bridgehead atoms. The van der Waals surface area contributed by atoms with E-state index in [1.807, 2.05) is 9.80 Å². The van der Waals surface area contributed by atoms with Gasteiger partial charge in [0.15, 0.2) is 0 Å². The van der Waals surface area contributed by atoms with Crippen LogP contribution in [0.5, 0.6) is 0 Å². The summed E-state index contributed by atoms with van der Waals surface area (Å²) in [5.41, 5.74) is 0. The third kappa shape index (κ3) is 3.19. The van der Waals surface area contributed by atoms with Gasteiger partial charge in [-0.2, -0.15) is 0 Å². The third-order valence-corrected chi connectivity index (χ3v) is 6.77. The molecule has 3 aliphatic heterocycles. The lowest BCUT2D eigenvalue weighted by Crippen LogP contribution is -2.43. The first kappa shape index (κ1) is 16.4. The Labute approximate surface area is 145 Å². The predicted molar refractivity (Wildman–Crippen MR) is 92.4 cm³/mol. The second-order valence-electron chi connectivity index (χ2n) is 8.57. The summed E-state index contributed by atoms with van der Waals surface area (Å²) in [6.07, 6.45) is 8.60. The van der Waals surface area contributed by atoms with Crippen LogP contribution in [0.1, 0.15) is 58.3 Å². The zero-order valence-corrected chi connectivity index (χ0v) is 14.9. The topological polar surface area (TPSA) is 52.7 Å². The smallest absolute Gasteiger partial charge is 0.228 e. The molecule has 4 rings (SSSR count). The van der Waals surface area contributed by atoms with Crippen molar-refractivity contribution in [3.05, 3.63) is 0 Å². The van der Waals surface area contributed by atoms with E-state index in [1.165, 1.54) is 25.7 Å². The van der Waals surface area contributed by atoms with Crippen molar-refractivity contribution >= 4 is 11.8 Å². The van der Waals surface area contributed by atoms with Gasteiger partial charge in [-0.25, -0.2) is 0 Å². The minimum absolute atomic E-state index is 0.103. The Balaban J connectivity index is 1.36. The molecule has 0 aromatic heterocycles. The standard InChI is InChI=1S/C19H31N3O2/c1-13-2-6-17(7-3-13)22-11-14(10-18(22)23)19(24)21-9-8-15-4-5-16(12-21)20-15/h13-17,20H,2-12H2,1H3. The fraction of sp³-hybridized carbons (Fsp3) is 0.895.